The molecule has 2 atom stereocenters. The van der Waals surface area contributed by atoms with Crippen LogP contribution in [0.1, 0.15) is 39.4 Å². The van der Waals surface area contributed by atoms with E-state index in [0.717, 1.165) is 0 Å². The number of aliphatic hydroxyl groups excluding tert-OH is 1. The van der Waals surface area contributed by atoms with E-state index in [2.05, 4.69) is 20.8 Å². The van der Waals surface area contributed by atoms with E-state index in [1.165, 1.54) is 6.07 Å². The number of halogens is 1. The zero-order valence-electron chi connectivity index (χ0n) is 11.2. The molecule has 3 heteroatoms. The maximum atomic E-state index is 13.9. The lowest BCUT2D eigenvalue weighted by Crippen LogP contribution is -2.33. The molecule has 0 bridgehead atoms. The second kappa shape index (κ2) is 5.50. The highest BCUT2D eigenvalue weighted by molar-refractivity contribution is 5.49. The second-order valence-electron chi connectivity index (χ2n) is 4.98. The van der Waals surface area contributed by atoms with Gasteiger partial charge in [0.15, 0.2) is 0 Å². The van der Waals surface area contributed by atoms with E-state index in [4.69, 9.17) is 0 Å². The highest BCUT2D eigenvalue weighted by Gasteiger charge is 2.17. The van der Waals surface area contributed by atoms with Gasteiger partial charge in [0.05, 0.1) is 11.8 Å². The largest absolute Gasteiger partial charge is 0.389 e. The van der Waals surface area contributed by atoms with Crippen molar-refractivity contribution in [3.05, 3.63) is 29.6 Å². The molecular weight excluding hydrogens is 217 g/mol. The summed E-state index contributed by atoms with van der Waals surface area (Å²) in [4.78, 5) is 1.94. The molecule has 0 spiro atoms. The van der Waals surface area contributed by atoms with Crippen molar-refractivity contribution in [3.8, 4) is 0 Å². The molecule has 1 aromatic rings. The topological polar surface area (TPSA) is 23.5 Å². The highest BCUT2D eigenvalue weighted by Crippen LogP contribution is 2.25. The SMILES string of the molecule is CC(O)c1ccc(N(C)C(C)C(C)C)c(F)c1. The van der Waals surface area contributed by atoms with Crippen molar-refractivity contribution in [2.24, 2.45) is 5.92 Å². The van der Waals surface area contributed by atoms with Crippen LogP contribution in [0.5, 0.6) is 0 Å². The first kappa shape index (κ1) is 14.0. The molecule has 1 aromatic carbocycles. The molecule has 17 heavy (non-hydrogen) atoms. The molecule has 0 saturated heterocycles. The van der Waals surface area contributed by atoms with Crippen molar-refractivity contribution in [1.82, 2.24) is 0 Å². The molecule has 0 fully saturated rings. The standard InChI is InChI=1S/C14H22FNO/c1-9(2)10(3)16(5)14-7-6-12(11(4)17)8-13(14)15/h6-11,17H,1-5H3. The summed E-state index contributed by atoms with van der Waals surface area (Å²) in [5.74, 6) is 0.175. The molecule has 1 rings (SSSR count). The summed E-state index contributed by atoms with van der Waals surface area (Å²) in [7, 11) is 1.89. The first-order valence-corrected chi connectivity index (χ1v) is 6.05. The third kappa shape index (κ3) is 3.19. The number of hydrogen-bond acceptors (Lipinski definition) is 2. The lowest BCUT2D eigenvalue weighted by molar-refractivity contribution is 0.199. The van der Waals surface area contributed by atoms with Crippen LogP contribution in [0.4, 0.5) is 10.1 Å². The Bertz CT molecular complexity index is 376. The zero-order valence-corrected chi connectivity index (χ0v) is 11.2. The summed E-state index contributed by atoms with van der Waals surface area (Å²) in [6, 6.07) is 5.17. The van der Waals surface area contributed by atoms with Gasteiger partial charge in [-0.15, -0.1) is 0 Å². The van der Waals surface area contributed by atoms with E-state index in [0.29, 0.717) is 17.2 Å². The molecule has 0 aromatic heterocycles. The summed E-state index contributed by atoms with van der Waals surface area (Å²) in [5.41, 5.74) is 1.19. The lowest BCUT2D eigenvalue weighted by Gasteiger charge is -2.30. The molecule has 0 heterocycles. The van der Waals surface area contributed by atoms with E-state index < -0.39 is 6.10 Å². The Balaban J connectivity index is 2.99. The maximum absolute atomic E-state index is 13.9. The van der Waals surface area contributed by atoms with E-state index in [-0.39, 0.29) is 11.9 Å². The van der Waals surface area contributed by atoms with Crippen molar-refractivity contribution in [2.45, 2.75) is 39.8 Å². The first-order valence-electron chi connectivity index (χ1n) is 6.05. The van der Waals surface area contributed by atoms with Gasteiger partial charge in [0.2, 0.25) is 0 Å². The van der Waals surface area contributed by atoms with Crippen molar-refractivity contribution >= 4 is 5.69 Å². The fourth-order valence-electron chi connectivity index (χ4n) is 1.74. The smallest absolute Gasteiger partial charge is 0.146 e. The van der Waals surface area contributed by atoms with E-state index >= 15 is 0 Å². The molecular formula is C14H22FNO. The first-order chi connectivity index (χ1) is 7.84. The Hall–Kier alpha value is -1.09. The zero-order chi connectivity index (χ0) is 13.2. The minimum atomic E-state index is -0.633. The van der Waals surface area contributed by atoms with E-state index in [1.807, 2.05) is 11.9 Å². The van der Waals surface area contributed by atoms with Gasteiger partial charge in [-0.05, 0) is 37.5 Å². The summed E-state index contributed by atoms with van der Waals surface area (Å²) in [6.07, 6.45) is -0.633. The fraction of sp³-hybridized carbons (Fsp3) is 0.571. The normalized spacial score (nSPS) is 14.8. The molecule has 0 saturated carbocycles. The van der Waals surface area contributed by atoms with Crippen molar-refractivity contribution < 1.29 is 9.50 Å². The Morgan fingerprint density at radius 2 is 1.76 bits per heavy atom. The number of aliphatic hydroxyl groups is 1. The van der Waals surface area contributed by atoms with Crippen LogP contribution in [0, 0.1) is 11.7 Å². The van der Waals surface area contributed by atoms with Gasteiger partial charge in [-0.25, -0.2) is 4.39 Å². The highest BCUT2D eigenvalue weighted by atomic mass is 19.1. The van der Waals surface area contributed by atoms with Gasteiger partial charge < -0.3 is 10.0 Å². The maximum Gasteiger partial charge on any atom is 0.146 e. The third-order valence-corrected chi connectivity index (χ3v) is 3.41. The van der Waals surface area contributed by atoms with Gasteiger partial charge in [0.25, 0.3) is 0 Å². The van der Waals surface area contributed by atoms with Crippen molar-refractivity contribution in [1.29, 1.82) is 0 Å². The van der Waals surface area contributed by atoms with Gasteiger partial charge in [-0.2, -0.15) is 0 Å². The van der Waals surface area contributed by atoms with Gasteiger partial charge in [0, 0.05) is 13.1 Å². The van der Waals surface area contributed by atoms with Crippen LogP contribution < -0.4 is 4.90 Å². The van der Waals surface area contributed by atoms with Gasteiger partial charge >= 0.3 is 0 Å². The van der Waals surface area contributed by atoms with Gasteiger partial charge in [-0.1, -0.05) is 19.9 Å². The number of benzene rings is 1. The average molecular weight is 239 g/mol. The molecule has 96 valence electrons. The molecule has 2 unspecified atom stereocenters. The lowest BCUT2D eigenvalue weighted by atomic mass is 10.0. The van der Waals surface area contributed by atoms with E-state index in [1.54, 1.807) is 19.1 Å². The molecule has 2 nitrogen and oxygen atoms in total. The minimum Gasteiger partial charge on any atom is -0.389 e. The number of hydrogen-bond donors (Lipinski definition) is 1. The second-order valence-corrected chi connectivity index (χ2v) is 4.98. The van der Waals surface area contributed by atoms with Crippen LogP contribution >= 0.6 is 0 Å². The fourth-order valence-corrected chi connectivity index (χ4v) is 1.74. The number of anilines is 1. The Morgan fingerprint density at radius 3 is 2.18 bits per heavy atom. The third-order valence-electron chi connectivity index (χ3n) is 3.41. The van der Waals surface area contributed by atoms with Crippen LogP contribution in [-0.4, -0.2) is 18.2 Å². The van der Waals surface area contributed by atoms with Crippen LogP contribution in [0.3, 0.4) is 0 Å². The molecule has 0 aliphatic carbocycles. The Morgan fingerprint density at radius 1 is 1.18 bits per heavy atom. The quantitative estimate of drug-likeness (QED) is 0.871. The average Bonchev–Trinajstić information content (AvgIpc) is 2.26. The number of nitrogens with zero attached hydrogens (tertiary/aromatic N) is 1. The summed E-state index contributed by atoms with van der Waals surface area (Å²) >= 11 is 0. The molecule has 1 N–H and O–H groups in total. The minimum absolute atomic E-state index is 0.266. The summed E-state index contributed by atoms with van der Waals surface area (Å²) in [6.45, 7) is 7.94. The van der Waals surface area contributed by atoms with Gasteiger partial charge in [0.1, 0.15) is 5.82 Å². The van der Waals surface area contributed by atoms with Crippen LogP contribution in [0.15, 0.2) is 18.2 Å². The predicted octanol–water partition coefficient (Wildman–Crippen LogP) is 3.36. The summed E-state index contributed by atoms with van der Waals surface area (Å²) < 4.78 is 13.9. The van der Waals surface area contributed by atoms with Crippen molar-refractivity contribution in [2.75, 3.05) is 11.9 Å². The summed E-state index contributed by atoms with van der Waals surface area (Å²) in [5, 5.41) is 9.39. The Labute approximate surface area is 103 Å². The number of rotatable bonds is 4. The van der Waals surface area contributed by atoms with Crippen LogP contribution in [0.25, 0.3) is 0 Å². The molecule has 0 aliphatic heterocycles. The predicted molar refractivity (Wildman–Crippen MR) is 69.7 cm³/mol. The molecule has 0 radical (unpaired) electrons. The van der Waals surface area contributed by atoms with Crippen LogP contribution in [0.2, 0.25) is 0 Å². The van der Waals surface area contributed by atoms with Crippen molar-refractivity contribution in [3.63, 3.8) is 0 Å². The Kier molecular flexibility index (Phi) is 4.52. The molecule has 0 amide bonds. The molecule has 0 aliphatic rings. The van der Waals surface area contributed by atoms with Crippen LogP contribution in [-0.2, 0) is 0 Å². The monoisotopic (exact) mass is 239 g/mol. The van der Waals surface area contributed by atoms with E-state index in [9.17, 15) is 9.50 Å². The van der Waals surface area contributed by atoms with Gasteiger partial charge in [-0.3, -0.25) is 0 Å².